The van der Waals surface area contributed by atoms with E-state index in [4.69, 9.17) is 9.47 Å². The summed E-state index contributed by atoms with van der Waals surface area (Å²) in [7, 11) is 0. The second-order valence-corrected chi connectivity index (χ2v) is 7.46. The first-order valence-electron chi connectivity index (χ1n) is 9.69. The maximum atomic E-state index is 5.72. The summed E-state index contributed by atoms with van der Waals surface area (Å²) in [4.78, 5) is 0. The molecule has 0 saturated heterocycles. The minimum atomic E-state index is 0.565. The Morgan fingerprint density at radius 1 is 0.760 bits per heavy atom. The van der Waals surface area contributed by atoms with Gasteiger partial charge in [-0.05, 0) is 74.2 Å². The van der Waals surface area contributed by atoms with Gasteiger partial charge in [0.05, 0.1) is 25.7 Å². The Kier molecular flexibility index (Phi) is 8.65. The molecule has 0 N–H and O–H groups in total. The van der Waals surface area contributed by atoms with Crippen LogP contribution in [0.4, 0.5) is 0 Å². The minimum absolute atomic E-state index is 0.565. The van der Waals surface area contributed by atoms with Gasteiger partial charge in [-0.2, -0.15) is 0 Å². The molecule has 2 saturated carbocycles. The number of hydrogen-bond donors (Lipinski definition) is 0. The molecule has 2 aliphatic carbocycles. The highest BCUT2D eigenvalue weighted by molar-refractivity contribution is 5.07. The van der Waals surface area contributed by atoms with Gasteiger partial charge in [0.25, 0.3) is 0 Å². The van der Waals surface area contributed by atoms with Crippen LogP contribution in [0.25, 0.3) is 0 Å². The molecule has 0 aliphatic heterocycles. The van der Waals surface area contributed by atoms with Gasteiger partial charge in [0.1, 0.15) is 0 Å². The Hall–Kier alpha value is -1.70. The van der Waals surface area contributed by atoms with Gasteiger partial charge < -0.3 is 9.47 Å². The molecule has 25 heavy (non-hydrogen) atoms. The van der Waals surface area contributed by atoms with E-state index < -0.39 is 0 Å². The maximum Gasteiger partial charge on any atom is 0.0901 e. The predicted octanol–water partition coefficient (Wildman–Crippen LogP) is 6.05. The zero-order valence-corrected chi connectivity index (χ0v) is 15.5. The Labute approximate surface area is 154 Å². The van der Waals surface area contributed by atoms with Crippen molar-refractivity contribution in [2.75, 3.05) is 13.2 Å². The first-order chi connectivity index (χ1) is 12.3. The fraction of sp³-hybridized carbons (Fsp3) is 0.565. The van der Waals surface area contributed by atoms with Crippen LogP contribution in [0.5, 0.6) is 0 Å². The van der Waals surface area contributed by atoms with E-state index in [9.17, 15) is 0 Å². The summed E-state index contributed by atoms with van der Waals surface area (Å²) in [6.45, 7) is 13.2. The highest BCUT2D eigenvalue weighted by Gasteiger charge is 2.26. The summed E-state index contributed by atoms with van der Waals surface area (Å²) in [6.07, 6.45) is 21.4. The quantitative estimate of drug-likeness (QED) is 0.273. The van der Waals surface area contributed by atoms with Gasteiger partial charge in [0.15, 0.2) is 0 Å². The molecule has 0 spiro atoms. The van der Waals surface area contributed by atoms with Crippen LogP contribution in [-0.4, -0.2) is 13.2 Å². The highest BCUT2D eigenvalue weighted by atomic mass is 16.5. The van der Waals surface area contributed by atoms with Crippen molar-refractivity contribution in [2.24, 2.45) is 29.6 Å². The molecule has 0 bridgehead atoms. The van der Waals surface area contributed by atoms with E-state index in [1.54, 1.807) is 6.26 Å². The molecule has 5 atom stereocenters. The summed E-state index contributed by atoms with van der Waals surface area (Å²) in [6, 6.07) is 0. The van der Waals surface area contributed by atoms with Gasteiger partial charge in [0.2, 0.25) is 0 Å². The monoisotopic (exact) mass is 342 g/mol. The van der Waals surface area contributed by atoms with E-state index in [1.165, 1.54) is 38.5 Å². The molecule has 0 aromatic heterocycles. The molecule has 0 heterocycles. The van der Waals surface area contributed by atoms with E-state index in [-0.39, 0.29) is 0 Å². The van der Waals surface area contributed by atoms with E-state index in [1.807, 2.05) is 12.3 Å². The van der Waals surface area contributed by atoms with Crippen molar-refractivity contribution in [3.63, 3.8) is 0 Å². The van der Waals surface area contributed by atoms with Crippen LogP contribution in [0.15, 0.2) is 62.6 Å². The second kappa shape index (κ2) is 11.0. The van der Waals surface area contributed by atoms with Crippen LogP contribution in [0, 0.1) is 29.6 Å². The molecule has 2 aliphatic rings. The van der Waals surface area contributed by atoms with Gasteiger partial charge in [0, 0.05) is 0 Å². The summed E-state index contributed by atoms with van der Waals surface area (Å²) in [5, 5.41) is 0. The average Bonchev–Trinajstić information content (AvgIpc) is 3.10. The fourth-order valence-electron chi connectivity index (χ4n) is 4.17. The zero-order valence-electron chi connectivity index (χ0n) is 15.5. The fourth-order valence-corrected chi connectivity index (χ4v) is 4.17. The first kappa shape index (κ1) is 19.6. The SMILES string of the molecule is C=COCC1CCC(COC=CC=CC2CCC(C=C)CC2C=C)C1. The smallest absolute Gasteiger partial charge is 0.0901 e. The topological polar surface area (TPSA) is 18.5 Å². The molecule has 2 fully saturated rings. The third-order valence-electron chi connectivity index (χ3n) is 5.71. The molecule has 5 unspecified atom stereocenters. The molecule has 0 radical (unpaired) electrons. The van der Waals surface area contributed by atoms with Crippen molar-refractivity contribution >= 4 is 0 Å². The van der Waals surface area contributed by atoms with E-state index >= 15 is 0 Å². The lowest BCUT2D eigenvalue weighted by Gasteiger charge is -2.31. The predicted molar refractivity (Wildman–Crippen MR) is 106 cm³/mol. The van der Waals surface area contributed by atoms with Crippen LogP contribution in [-0.2, 0) is 9.47 Å². The lowest BCUT2D eigenvalue weighted by Crippen LogP contribution is -2.21. The summed E-state index contributed by atoms with van der Waals surface area (Å²) < 4.78 is 11.0. The Morgan fingerprint density at radius 2 is 1.52 bits per heavy atom. The highest BCUT2D eigenvalue weighted by Crippen LogP contribution is 2.36. The molecule has 0 aromatic carbocycles. The van der Waals surface area contributed by atoms with Gasteiger partial charge in [-0.25, -0.2) is 0 Å². The van der Waals surface area contributed by atoms with Crippen LogP contribution in [0.2, 0.25) is 0 Å². The normalized spacial score (nSPS) is 32.7. The Bertz CT molecular complexity index is 476. The van der Waals surface area contributed by atoms with Gasteiger partial charge in [-0.1, -0.05) is 30.9 Å². The molecule has 2 rings (SSSR count). The Balaban J connectivity index is 1.64. The van der Waals surface area contributed by atoms with Crippen molar-refractivity contribution < 1.29 is 9.47 Å². The van der Waals surface area contributed by atoms with Gasteiger partial charge >= 0.3 is 0 Å². The van der Waals surface area contributed by atoms with Crippen LogP contribution < -0.4 is 0 Å². The third-order valence-corrected chi connectivity index (χ3v) is 5.71. The van der Waals surface area contributed by atoms with Gasteiger partial charge in [-0.3, -0.25) is 0 Å². The summed E-state index contributed by atoms with van der Waals surface area (Å²) >= 11 is 0. The summed E-state index contributed by atoms with van der Waals surface area (Å²) in [5.74, 6) is 3.14. The minimum Gasteiger partial charge on any atom is -0.502 e. The van der Waals surface area contributed by atoms with Crippen molar-refractivity contribution in [1.29, 1.82) is 0 Å². The first-order valence-corrected chi connectivity index (χ1v) is 9.69. The Morgan fingerprint density at radius 3 is 2.20 bits per heavy atom. The van der Waals surface area contributed by atoms with Crippen molar-refractivity contribution in [1.82, 2.24) is 0 Å². The standard InChI is InChI=1S/C23H34O2/c1-4-19-12-13-23(22(5-2)16-19)9-7-8-14-25-18-21-11-10-20(15-21)17-24-6-3/h4-9,14,19-23H,1-3,10-13,15-18H2. The third kappa shape index (κ3) is 6.61. The molecular formula is C23H34O2. The van der Waals surface area contributed by atoms with Crippen LogP contribution in [0.3, 0.4) is 0 Å². The van der Waals surface area contributed by atoms with Crippen molar-refractivity contribution in [3.8, 4) is 0 Å². The molecular weight excluding hydrogens is 308 g/mol. The average molecular weight is 343 g/mol. The molecule has 2 heteroatoms. The van der Waals surface area contributed by atoms with Gasteiger partial charge in [-0.15, -0.1) is 13.2 Å². The van der Waals surface area contributed by atoms with Crippen molar-refractivity contribution in [2.45, 2.75) is 38.5 Å². The van der Waals surface area contributed by atoms with Crippen molar-refractivity contribution in [3.05, 3.63) is 62.6 Å². The lowest BCUT2D eigenvalue weighted by atomic mass is 9.74. The van der Waals surface area contributed by atoms with Crippen LogP contribution >= 0.6 is 0 Å². The molecule has 2 nitrogen and oxygen atoms in total. The molecule has 138 valence electrons. The summed E-state index contributed by atoms with van der Waals surface area (Å²) in [5.41, 5.74) is 0. The molecule has 0 amide bonds. The van der Waals surface area contributed by atoms with E-state index in [0.717, 1.165) is 13.2 Å². The number of ether oxygens (including phenoxy) is 2. The number of rotatable bonds is 10. The number of hydrogen-bond acceptors (Lipinski definition) is 2. The largest absolute Gasteiger partial charge is 0.502 e. The van der Waals surface area contributed by atoms with E-state index in [2.05, 4.69) is 44.0 Å². The maximum absolute atomic E-state index is 5.72. The lowest BCUT2D eigenvalue weighted by molar-refractivity contribution is 0.174. The van der Waals surface area contributed by atoms with Crippen LogP contribution in [0.1, 0.15) is 38.5 Å². The van der Waals surface area contributed by atoms with E-state index in [0.29, 0.717) is 29.6 Å². The zero-order chi connectivity index (χ0) is 17.9. The number of allylic oxidation sites excluding steroid dienone is 5. The second-order valence-electron chi connectivity index (χ2n) is 7.46. The molecule has 0 aromatic rings.